The topological polar surface area (TPSA) is 59.2 Å². The lowest BCUT2D eigenvalue weighted by Crippen LogP contribution is -2.24. The average Bonchev–Trinajstić information content (AvgIpc) is 3.09. The number of hydrogen-bond acceptors (Lipinski definition) is 4. The minimum Gasteiger partial charge on any atom is -0.339 e. The molecule has 2 aromatic rings. The summed E-state index contributed by atoms with van der Waals surface area (Å²) in [6, 6.07) is 4.19. The van der Waals surface area contributed by atoms with Crippen molar-refractivity contribution in [3.63, 3.8) is 0 Å². The average molecular weight is 338 g/mol. The molecule has 1 aromatic carbocycles. The number of hydrogen-bond donors (Lipinski definition) is 0. The Hall–Kier alpha value is -1.95. The first kappa shape index (κ1) is 15.9. The molecule has 1 atom stereocenters. The van der Waals surface area contributed by atoms with E-state index in [-0.39, 0.29) is 17.7 Å². The van der Waals surface area contributed by atoms with E-state index in [4.69, 9.17) is 16.1 Å². The maximum Gasteiger partial charge on any atom is 0.232 e. The van der Waals surface area contributed by atoms with E-state index in [0.29, 0.717) is 36.2 Å². The zero-order chi connectivity index (χ0) is 16.6. The molecule has 7 heteroatoms. The van der Waals surface area contributed by atoms with Crippen LogP contribution in [0.4, 0.5) is 4.39 Å². The van der Waals surface area contributed by atoms with Gasteiger partial charge in [0.25, 0.3) is 0 Å². The second kappa shape index (κ2) is 6.28. The van der Waals surface area contributed by atoms with Gasteiger partial charge in [-0.1, -0.05) is 36.7 Å². The van der Waals surface area contributed by atoms with Crippen molar-refractivity contribution in [1.82, 2.24) is 15.0 Å². The standard InChI is InChI=1S/C16H17ClFN3O2/c1-9(2)15-19-16(23-20-15)11-5-14(22)21(8-11)7-10-3-4-12(18)6-13(10)17/h3-4,6,9,11H,5,7-8H2,1-2H3. The van der Waals surface area contributed by atoms with Gasteiger partial charge >= 0.3 is 0 Å². The van der Waals surface area contributed by atoms with Gasteiger partial charge in [0.05, 0.1) is 5.92 Å². The van der Waals surface area contributed by atoms with Crippen molar-refractivity contribution in [2.75, 3.05) is 6.54 Å². The van der Waals surface area contributed by atoms with Crippen molar-refractivity contribution in [2.45, 2.75) is 38.6 Å². The van der Waals surface area contributed by atoms with Crippen molar-refractivity contribution < 1.29 is 13.7 Å². The maximum atomic E-state index is 13.1. The van der Waals surface area contributed by atoms with Gasteiger partial charge in [-0.15, -0.1) is 0 Å². The fraction of sp³-hybridized carbons (Fsp3) is 0.438. The SMILES string of the molecule is CC(C)c1noc(C2CC(=O)N(Cc3ccc(F)cc3Cl)C2)n1. The number of halogens is 2. The lowest BCUT2D eigenvalue weighted by atomic mass is 10.1. The van der Waals surface area contributed by atoms with Gasteiger partial charge in [-0.25, -0.2) is 4.39 Å². The Labute approximate surface area is 138 Å². The van der Waals surface area contributed by atoms with Crippen LogP contribution in [0.3, 0.4) is 0 Å². The van der Waals surface area contributed by atoms with E-state index in [2.05, 4.69) is 10.1 Å². The lowest BCUT2D eigenvalue weighted by molar-refractivity contribution is -0.128. The van der Waals surface area contributed by atoms with Crippen molar-refractivity contribution in [1.29, 1.82) is 0 Å². The minimum absolute atomic E-state index is 0.000288. The molecule has 0 spiro atoms. The predicted molar refractivity (Wildman–Crippen MR) is 82.6 cm³/mol. The Kier molecular flexibility index (Phi) is 4.35. The molecule has 1 fully saturated rings. The quantitative estimate of drug-likeness (QED) is 0.856. The molecule has 0 saturated carbocycles. The molecule has 1 aliphatic rings. The van der Waals surface area contributed by atoms with Gasteiger partial charge < -0.3 is 9.42 Å². The third-order valence-corrected chi connectivity index (χ3v) is 4.27. The summed E-state index contributed by atoms with van der Waals surface area (Å²) in [6.07, 6.45) is 0.332. The van der Waals surface area contributed by atoms with Gasteiger partial charge in [-0.2, -0.15) is 4.98 Å². The Morgan fingerprint density at radius 1 is 1.48 bits per heavy atom. The largest absolute Gasteiger partial charge is 0.339 e. The Morgan fingerprint density at radius 2 is 2.26 bits per heavy atom. The van der Waals surface area contributed by atoms with Crippen LogP contribution in [-0.2, 0) is 11.3 Å². The highest BCUT2D eigenvalue weighted by atomic mass is 35.5. The van der Waals surface area contributed by atoms with Crippen LogP contribution in [0.1, 0.15) is 49.4 Å². The van der Waals surface area contributed by atoms with Crippen LogP contribution in [0.2, 0.25) is 5.02 Å². The number of benzene rings is 1. The Balaban J connectivity index is 1.71. The van der Waals surface area contributed by atoms with Gasteiger partial charge in [0, 0.05) is 30.5 Å². The molecule has 1 unspecified atom stereocenters. The fourth-order valence-corrected chi connectivity index (χ4v) is 2.82. The zero-order valence-electron chi connectivity index (χ0n) is 12.9. The summed E-state index contributed by atoms with van der Waals surface area (Å²) in [5, 5.41) is 4.26. The van der Waals surface area contributed by atoms with Crippen molar-refractivity contribution in [3.8, 4) is 0 Å². The molecule has 23 heavy (non-hydrogen) atoms. The summed E-state index contributed by atoms with van der Waals surface area (Å²) >= 11 is 6.03. The minimum atomic E-state index is -0.392. The van der Waals surface area contributed by atoms with Crippen molar-refractivity contribution in [3.05, 3.63) is 46.3 Å². The highest BCUT2D eigenvalue weighted by Gasteiger charge is 2.34. The number of aromatic nitrogens is 2. The van der Waals surface area contributed by atoms with E-state index in [1.165, 1.54) is 12.1 Å². The van der Waals surface area contributed by atoms with Gasteiger partial charge in [0.1, 0.15) is 5.82 Å². The van der Waals surface area contributed by atoms with Crippen molar-refractivity contribution in [2.24, 2.45) is 0 Å². The summed E-state index contributed by atoms with van der Waals surface area (Å²) in [4.78, 5) is 18.2. The molecule has 0 aliphatic carbocycles. The highest BCUT2D eigenvalue weighted by Crippen LogP contribution is 2.30. The molecule has 3 rings (SSSR count). The lowest BCUT2D eigenvalue weighted by Gasteiger charge is -2.17. The molecule has 1 aliphatic heterocycles. The zero-order valence-corrected chi connectivity index (χ0v) is 13.7. The number of carbonyl (C=O) groups is 1. The van der Waals surface area contributed by atoms with Crippen LogP contribution >= 0.6 is 11.6 Å². The summed E-state index contributed by atoms with van der Waals surface area (Å²) in [5.74, 6) is 0.818. The number of rotatable bonds is 4. The van der Waals surface area contributed by atoms with Gasteiger partial charge in [-0.3, -0.25) is 4.79 Å². The predicted octanol–water partition coefficient (Wildman–Crippen LogP) is 3.50. The second-order valence-electron chi connectivity index (χ2n) is 6.06. The third kappa shape index (κ3) is 3.37. The summed E-state index contributed by atoms with van der Waals surface area (Å²) in [6.45, 7) is 4.81. The van der Waals surface area contributed by atoms with Crippen LogP contribution in [-0.4, -0.2) is 27.5 Å². The van der Waals surface area contributed by atoms with Crippen LogP contribution in [0, 0.1) is 5.82 Å². The first-order chi connectivity index (χ1) is 10.9. The third-order valence-electron chi connectivity index (χ3n) is 3.91. The van der Waals surface area contributed by atoms with E-state index >= 15 is 0 Å². The monoisotopic (exact) mass is 337 g/mol. The number of carbonyl (C=O) groups excluding carboxylic acids is 1. The normalized spacial score (nSPS) is 18.2. The fourth-order valence-electron chi connectivity index (χ4n) is 2.59. The van der Waals surface area contributed by atoms with E-state index in [1.54, 1.807) is 11.0 Å². The number of amides is 1. The van der Waals surface area contributed by atoms with Crippen LogP contribution in [0.5, 0.6) is 0 Å². The summed E-state index contributed by atoms with van der Waals surface area (Å²) < 4.78 is 18.4. The second-order valence-corrected chi connectivity index (χ2v) is 6.46. The summed E-state index contributed by atoms with van der Waals surface area (Å²) in [7, 11) is 0. The Morgan fingerprint density at radius 3 is 2.91 bits per heavy atom. The molecule has 122 valence electrons. The first-order valence-corrected chi connectivity index (χ1v) is 7.87. The molecule has 0 radical (unpaired) electrons. The number of nitrogens with zero attached hydrogens (tertiary/aromatic N) is 3. The smallest absolute Gasteiger partial charge is 0.232 e. The molecule has 1 aromatic heterocycles. The first-order valence-electron chi connectivity index (χ1n) is 7.49. The maximum absolute atomic E-state index is 13.1. The number of likely N-dealkylation sites (tertiary alicyclic amines) is 1. The van der Waals surface area contributed by atoms with Crippen molar-refractivity contribution >= 4 is 17.5 Å². The molecule has 2 heterocycles. The summed E-state index contributed by atoms with van der Waals surface area (Å²) in [5.41, 5.74) is 0.718. The van der Waals surface area contributed by atoms with Crippen LogP contribution < -0.4 is 0 Å². The molecule has 1 amide bonds. The van der Waals surface area contributed by atoms with E-state index < -0.39 is 5.82 Å². The van der Waals surface area contributed by atoms with Crippen LogP contribution in [0.25, 0.3) is 0 Å². The molecule has 5 nitrogen and oxygen atoms in total. The molecular weight excluding hydrogens is 321 g/mol. The highest BCUT2D eigenvalue weighted by molar-refractivity contribution is 6.31. The van der Waals surface area contributed by atoms with Gasteiger partial charge in [0.15, 0.2) is 5.82 Å². The molecule has 1 saturated heterocycles. The molecular formula is C16H17ClFN3O2. The van der Waals surface area contributed by atoms with Gasteiger partial charge in [-0.05, 0) is 17.7 Å². The van der Waals surface area contributed by atoms with E-state index in [0.717, 1.165) is 5.56 Å². The van der Waals surface area contributed by atoms with Gasteiger partial charge in [0.2, 0.25) is 11.8 Å². The molecule has 0 N–H and O–H groups in total. The Bertz CT molecular complexity index is 732. The van der Waals surface area contributed by atoms with Crippen LogP contribution in [0.15, 0.2) is 22.7 Å². The molecule has 0 bridgehead atoms. The van der Waals surface area contributed by atoms with E-state index in [1.807, 2.05) is 13.8 Å². The van der Waals surface area contributed by atoms with E-state index in [9.17, 15) is 9.18 Å².